The third kappa shape index (κ3) is 7.27. The molecular weight excluding hydrogens is 268 g/mol. The van der Waals surface area contributed by atoms with Crippen LogP contribution in [0, 0.1) is 0 Å². The van der Waals surface area contributed by atoms with Crippen molar-refractivity contribution in [1.29, 1.82) is 0 Å². The first kappa shape index (κ1) is 15.8. The summed E-state index contributed by atoms with van der Waals surface area (Å²) in [4.78, 5) is 0. The fourth-order valence-corrected chi connectivity index (χ4v) is 2.47. The van der Waals surface area contributed by atoms with Gasteiger partial charge in [-0.05, 0) is 29.7 Å². The van der Waals surface area contributed by atoms with Crippen LogP contribution in [0.25, 0.3) is 0 Å². The Morgan fingerprint density at radius 3 is 2.44 bits per heavy atom. The standard InChI is InChI=1S/C14H21ClO2S/c15-12-14-4-2-13(3-5-14)6-10-18-11-9-17-8-1-7-16/h2-5,16H,1,6-12H2. The molecule has 18 heavy (non-hydrogen) atoms. The summed E-state index contributed by atoms with van der Waals surface area (Å²) in [5.74, 6) is 2.72. The molecular formula is C14H21ClO2S. The van der Waals surface area contributed by atoms with E-state index in [9.17, 15) is 0 Å². The van der Waals surface area contributed by atoms with E-state index in [-0.39, 0.29) is 6.61 Å². The van der Waals surface area contributed by atoms with Crippen LogP contribution in [-0.2, 0) is 17.0 Å². The molecule has 102 valence electrons. The zero-order chi connectivity index (χ0) is 13.1. The van der Waals surface area contributed by atoms with E-state index in [4.69, 9.17) is 21.4 Å². The lowest BCUT2D eigenvalue weighted by molar-refractivity contribution is 0.129. The zero-order valence-corrected chi connectivity index (χ0v) is 12.2. The third-order valence-corrected chi connectivity index (χ3v) is 3.79. The Labute approximate surface area is 119 Å². The van der Waals surface area contributed by atoms with Crippen molar-refractivity contribution < 1.29 is 9.84 Å². The van der Waals surface area contributed by atoms with Crippen LogP contribution in [0.2, 0.25) is 0 Å². The maximum absolute atomic E-state index is 8.58. The van der Waals surface area contributed by atoms with Gasteiger partial charge in [0.2, 0.25) is 0 Å². The van der Waals surface area contributed by atoms with Crippen LogP contribution in [0.3, 0.4) is 0 Å². The number of aliphatic hydroxyl groups excluding tert-OH is 1. The summed E-state index contributed by atoms with van der Waals surface area (Å²) in [5.41, 5.74) is 2.53. The molecule has 0 aliphatic carbocycles. The Bertz CT molecular complexity index is 303. The van der Waals surface area contributed by atoms with E-state index in [2.05, 4.69) is 24.3 Å². The largest absolute Gasteiger partial charge is 0.396 e. The van der Waals surface area contributed by atoms with Crippen molar-refractivity contribution in [3.05, 3.63) is 35.4 Å². The molecule has 0 saturated heterocycles. The Hall–Kier alpha value is -0.220. The number of hydrogen-bond acceptors (Lipinski definition) is 3. The topological polar surface area (TPSA) is 29.5 Å². The highest BCUT2D eigenvalue weighted by atomic mass is 35.5. The highest BCUT2D eigenvalue weighted by Crippen LogP contribution is 2.10. The van der Waals surface area contributed by atoms with Crippen molar-refractivity contribution in [2.45, 2.75) is 18.7 Å². The minimum Gasteiger partial charge on any atom is -0.396 e. The van der Waals surface area contributed by atoms with Gasteiger partial charge >= 0.3 is 0 Å². The van der Waals surface area contributed by atoms with Gasteiger partial charge in [0.15, 0.2) is 0 Å². The summed E-state index contributed by atoms with van der Waals surface area (Å²) < 4.78 is 5.36. The fraction of sp³-hybridized carbons (Fsp3) is 0.571. The predicted octanol–water partition coefficient (Wildman–Crippen LogP) is 3.10. The molecule has 1 rings (SSSR count). The lowest BCUT2D eigenvalue weighted by Crippen LogP contribution is -2.02. The molecule has 1 aromatic rings. The van der Waals surface area contributed by atoms with Gasteiger partial charge in [-0.25, -0.2) is 0 Å². The lowest BCUT2D eigenvalue weighted by Gasteiger charge is -2.04. The number of aliphatic hydroxyl groups is 1. The average Bonchev–Trinajstić information content (AvgIpc) is 2.42. The number of benzene rings is 1. The van der Waals surface area contributed by atoms with Crippen molar-refractivity contribution >= 4 is 23.4 Å². The van der Waals surface area contributed by atoms with Crippen LogP contribution in [0.15, 0.2) is 24.3 Å². The first-order chi connectivity index (χ1) is 8.86. The van der Waals surface area contributed by atoms with Gasteiger partial charge in [0, 0.05) is 24.8 Å². The molecule has 0 bridgehead atoms. The molecule has 1 aromatic carbocycles. The maximum atomic E-state index is 8.58. The SMILES string of the molecule is OCCCOCCSCCc1ccc(CCl)cc1. The Morgan fingerprint density at radius 2 is 1.78 bits per heavy atom. The summed E-state index contributed by atoms with van der Waals surface area (Å²) in [6.45, 7) is 1.65. The van der Waals surface area contributed by atoms with Gasteiger partial charge in [-0.15, -0.1) is 11.6 Å². The highest BCUT2D eigenvalue weighted by molar-refractivity contribution is 7.99. The summed E-state index contributed by atoms with van der Waals surface area (Å²) in [5, 5.41) is 8.58. The smallest absolute Gasteiger partial charge is 0.0556 e. The van der Waals surface area contributed by atoms with Gasteiger partial charge in [0.25, 0.3) is 0 Å². The number of thioether (sulfide) groups is 1. The summed E-state index contributed by atoms with van der Waals surface area (Å²) in [6.07, 6.45) is 1.82. The number of hydrogen-bond donors (Lipinski definition) is 1. The normalized spacial score (nSPS) is 10.8. The molecule has 0 aliphatic heterocycles. The number of halogens is 1. The van der Waals surface area contributed by atoms with Crippen LogP contribution in [0.4, 0.5) is 0 Å². The quantitative estimate of drug-likeness (QED) is 0.530. The summed E-state index contributed by atoms with van der Waals surface area (Å²) >= 11 is 7.65. The van der Waals surface area contributed by atoms with Gasteiger partial charge in [-0.3, -0.25) is 0 Å². The number of alkyl halides is 1. The Balaban J connectivity index is 2.00. The van der Waals surface area contributed by atoms with Crippen LogP contribution < -0.4 is 0 Å². The molecule has 0 unspecified atom stereocenters. The van der Waals surface area contributed by atoms with Crippen molar-refractivity contribution in [1.82, 2.24) is 0 Å². The number of ether oxygens (including phenoxy) is 1. The van der Waals surface area contributed by atoms with E-state index in [1.807, 2.05) is 11.8 Å². The van der Waals surface area contributed by atoms with Crippen molar-refractivity contribution in [3.63, 3.8) is 0 Å². The van der Waals surface area contributed by atoms with E-state index >= 15 is 0 Å². The Morgan fingerprint density at radius 1 is 1.06 bits per heavy atom. The molecule has 0 spiro atoms. The van der Waals surface area contributed by atoms with E-state index in [1.165, 1.54) is 11.1 Å². The summed E-state index contributed by atoms with van der Waals surface area (Å²) in [6, 6.07) is 8.47. The lowest BCUT2D eigenvalue weighted by atomic mass is 10.1. The molecule has 2 nitrogen and oxygen atoms in total. The molecule has 0 amide bonds. The molecule has 1 N–H and O–H groups in total. The second kappa shape index (κ2) is 10.7. The monoisotopic (exact) mass is 288 g/mol. The van der Waals surface area contributed by atoms with Gasteiger partial charge in [-0.2, -0.15) is 11.8 Å². The van der Waals surface area contributed by atoms with Crippen molar-refractivity contribution in [3.8, 4) is 0 Å². The van der Waals surface area contributed by atoms with Crippen molar-refractivity contribution in [2.24, 2.45) is 0 Å². The molecule has 0 radical (unpaired) electrons. The first-order valence-electron chi connectivity index (χ1n) is 6.27. The molecule has 0 atom stereocenters. The second-order valence-corrected chi connectivity index (χ2v) is 5.49. The van der Waals surface area contributed by atoms with E-state index in [0.29, 0.717) is 12.5 Å². The second-order valence-electron chi connectivity index (χ2n) is 4.00. The fourth-order valence-electron chi connectivity index (χ4n) is 1.47. The third-order valence-electron chi connectivity index (χ3n) is 2.53. The van der Waals surface area contributed by atoms with Gasteiger partial charge in [-0.1, -0.05) is 24.3 Å². The van der Waals surface area contributed by atoms with Crippen LogP contribution in [0.5, 0.6) is 0 Å². The zero-order valence-electron chi connectivity index (χ0n) is 10.6. The van der Waals surface area contributed by atoms with E-state index in [0.717, 1.165) is 31.0 Å². The minimum atomic E-state index is 0.214. The molecule has 0 fully saturated rings. The molecule has 0 heterocycles. The van der Waals surface area contributed by atoms with E-state index < -0.39 is 0 Å². The first-order valence-corrected chi connectivity index (χ1v) is 7.96. The van der Waals surface area contributed by atoms with Crippen LogP contribution >= 0.6 is 23.4 Å². The van der Waals surface area contributed by atoms with Crippen molar-refractivity contribution in [2.75, 3.05) is 31.3 Å². The average molecular weight is 289 g/mol. The maximum Gasteiger partial charge on any atom is 0.0556 e. The number of aryl methyl sites for hydroxylation is 1. The highest BCUT2D eigenvalue weighted by Gasteiger charge is 1.95. The molecule has 4 heteroatoms. The molecule has 0 saturated carbocycles. The molecule has 0 aromatic heterocycles. The predicted molar refractivity (Wildman–Crippen MR) is 79.5 cm³/mol. The number of rotatable bonds is 10. The minimum absolute atomic E-state index is 0.214. The van der Waals surface area contributed by atoms with Gasteiger partial charge < -0.3 is 9.84 Å². The van der Waals surface area contributed by atoms with E-state index in [1.54, 1.807) is 0 Å². The van der Waals surface area contributed by atoms with Crippen LogP contribution in [0.1, 0.15) is 17.5 Å². The summed E-state index contributed by atoms with van der Waals surface area (Å²) in [7, 11) is 0. The van der Waals surface area contributed by atoms with Gasteiger partial charge in [0.1, 0.15) is 0 Å². The molecule has 0 aliphatic rings. The Kier molecular flexibility index (Phi) is 9.40. The van der Waals surface area contributed by atoms with Gasteiger partial charge in [0.05, 0.1) is 6.61 Å². The van der Waals surface area contributed by atoms with Crippen LogP contribution in [-0.4, -0.2) is 36.4 Å².